The van der Waals surface area contributed by atoms with E-state index >= 15 is 0 Å². The predicted octanol–water partition coefficient (Wildman–Crippen LogP) is 5.33. The lowest BCUT2D eigenvalue weighted by atomic mass is 9.63. The molecule has 1 fully saturated rings. The number of carbonyl (C=O) groups is 1. The second-order valence-electron chi connectivity index (χ2n) is 10.6. The Hall–Kier alpha value is -2.84. The molecule has 0 saturated heterocycles. The van der Waals surface area contributed by atoms with Gasteiger partial charge in [-0.2, -0.15) is 0 Å². The van der Waals surface area contributed by atoms with Gasteiger partial charge in [0.25, 0.3) is 0 Å². The van der Waals surface area contributed by atoms with E-state index in [4.69, 9.17) is 9.72 Å². The molecule has 2 aliphatic rings. The number of aliphatic hydroxyl groups is 1. The van der Waals surface area contributed by atoms with E-state index in [-0.39, 0.29) is 17.3 Å². The Labute approximate surface area is 210 Å². The van der Waals surface area contributed by atoms with E-state index in [9.17, 15) is 9.90 Å². The smallest absolute Gasteiger partial charge is 0.309 e. The lowest BCUT2D eigenvalue weighted by Crippen LogP contribution is -2.45. The fraction of sp³-hybridized carbons (Fsp3) is 0.481. The Bertz CT molecular complexity index is 1270. The minimum atomic E-state index is -1.06. The van der Waals surface area contributed by atoms with Crippen LogP contribution in [-0.4, -0.2) is 33.1 Å². The fourth-order valence-corrected chi connectivity index (χ4v) is 6.64. The molecule has 2 aromatic heterocycles. The second-order valence-corrected chi connectivity index (χ2v) is 11.6. The molecule has 2 aliphatic carbocycles. The summed E-state index contributed by atoms with van der Waals surface area (Å²) in [7, 11) is 1.42. The van der Waals surface area contributed by atoms with Crippen molar-refractivity contribution in [3.05, 3.63) is 52.4 Å². The number of benzene rings is 1. The van der Waals surface area contributed by atoms with Crippen molar-refractivity contribution in [3.8, 4) is 10.4 Å². The summed E-state index contributed by atoms with van der Waals surface area (Å²) in [6, 6.07) is 6.27. The van der Waals surface area contributed by atoms with Gasteiger partial charge in [-0.3, -0.25) is 4.79 Å². The number of methoxy groups -OCH3 is 1. The standard InChI is InChI=1S/C27H32N4O3S/c1-16-10-18(12-19(11-16)30-25-29-13-17-6-5-7-21(17)31-25)22-14-28-24(35-22)27(33)9-8-20(23(32)34-4)26(2,3)15-27/h10-14,20,33H,5-9,15H2,1-4H3,(H,29,30,31)/t20-,27-/m0/s1. The van der Waals surface area contributed by atoms with Crippen molar-refractivity contribution in [3.63, 3.8) is 0 Å². The van der Waals surface area contributed by atoms with Crippen molar-refractivity contribution < 1.29 is 14.6 Å². The summed E-state index contributed by atoms with van der Waals surface area (Å²) < 4.78 is 5.00. The van der Waals surface area contributed by atoms with Gasteiger partial charge in [0.15, 0.2) is 0 Å². The normalized spacial score (nSPS) is 23.1. The van der Waals surface area contributed by atoms with E-state index in [1.54, 1.807) is 0 Å². The number of fused-ring (bicyclic) bond motifs is 1. The molecule has 0 amide bonds. The third kappa shape index (κ3) is 4.69. The number of thiazole rings is 1. The zero-order valence-corrected chi connectivity index (χ0v) is 21.5. The van der Waals surface area contributed by atoms with Crippen LogP contribution < -0.4 is 5.32 Å². The largest absolute Gasteiger partial charge is 0.469 e. The van der Waals surface area contributed by atoms with Crippen molar-refractivity contribution >= 4 is 28.9 Å². The molecule has 0 spiro atoms. The van der Waals surface area contributed by atoms with E-state index in [2.05, 4.69) is 40.4 Å². The summed E-state index contributed by atoms with van der Waals surface area (Å²) in [5.41, 5.74) is 4.01. The Morgan fingerprint density at radius 3 is 2.80 bits per heavy atom. The highest BCUT2D eigenvalue weighted by atomic mass is 32.1. The zero-order chi connectivity index (χ0) is 24.8. The molecule has 2 N–H and O–H groups in total. The number of nitrogens with zero attached hydrogens (tertiary/aromatic N) is 3. The van der Waals surface area contributed by atoms with Gasteiger partial charge < -0.3 is 15.2 Å². The first-order chi connectivity index (χ1) is 16.7. The Morgan fingerprint density at radius 2 is 2.03 bits per heavy atom. The highest BCUT2D eigenvalue weighted by Crippen LogP contribution is 2.51. The van der Waals surface area contributed by atoms with Gasteiger partial charge in [-0.05, 0) is 79.7 Å². The highest BCUT2D eigenvalue weighted by Gasteiger charge is 2.49. The van der Waals surface area contributed by atoms with Crippen LogP contribution in [0.25, 0.3) is 10.4 Å². The van der Waals surface area contributed by atoms with E-state index in [1.165, 1.54) is 24.0 Å². The van der Waals surface area contributed by atoms with Crippen LogP contribution in [0.15, 0.2) is 30.6 Å². The summed E-state index contributed by atoms with van der Waals surface area (Å²) in [6.07, 6.45) is 8.50. The summed E-state index contributed by atoms with van der Waals surface area (Å²) in [4.78, 5) is 27.0. The van der Waals surface area contributed by atoms with Crippen LogP contribution in [0, 0.1) is 18.3 Å². The molecule has 1 aromatic carbocycles. The van der Waals surface area contributed by atoms with E-state index < -0.39 is 5.60 Å². The van der Waals surface area contributed by atoms with E-state index in [1.807, 2.05) is 26.2 Å². The van der Waals surface area contributed by atoms with Crippen LogP contribution in [0.3, 0.4) is 0 Å². The number of carbonyl (C=O) groups excluding carboxylic acids is 1. The van der Waals surface area contributed by atoms with Crippen molar-refractivity contribution in [1.82, 2.24) is 15.0 Å². The molecule has 5 rings (SSSR count). The first kappa shape index (κ1) is 23.9. The van der Waals surface area contributed by atoms with Gasteiger partial charge in [0.2, 0.25) is 5.95 Å². The summed E-state index contributed by atoms with van der Waals surface area (Å²) in [5, 5.41) is 15.6. The van der Waals surface area contributed by atoms with E-state index in [0.717, 1.165) is 46.6 Å². The van der Waals surface area contributed by atoms with Gasteiger partial charge in [0.1, 0.15) is 10.6 Å². The topological polar surface area (TPSA) is 97.2 Å². The number of hydrogen-bond donors (Lipinski definition) is 2. The molecule has 7 nitrogen and oxygen atoms in total. The van der Waals surface area contributed by atoms with Crippen LogP contribution >= 0.6 is 11.3 Å². The third-order valence-electron chi connectivity index (χ3n) is 7.36. The minimum Gasteiger partial charge on any atom is -0.469 e. The van der Waals surface area contributed by atoms with Crippen molar-refractivity contribution in [2.24, 2.45) is 11.3 Å². The maximum atomic E-state index is 12.2. The van der Waals surface area contributed by atoms with Crippen molar-refractivity contribution in [2.45, 2.75) is 64.9 Å². The SMILES string of the molecule is COC(=O)[C@@H]1CC[C@@](O)(c2ncc(-c3cc(C)cc(Nc4ncc5c(n4)CCC5)c3)s2)CC1(C)C. The summed E-state index contributed by atoms with van der Waals surface area (Å²) in [5.74, 6) is 0.189. The van der Waals surface area contributed by atoms with Gasteiger partial charge in [0, 0.05) is 23.8 Å². The molecule has 8 heteroatoms. The number of aromatic nitrogens is 3. The third-order valence-corrected chi connectivity index (χ3v) is 8.60. The zero-order valence-electron chi connectivity index (χ0n) is 20.7. The number of ether oxygens (including phenoxy) is 1. The average molecular weight is 493 g/mol. The fourth-order valence-electron chi connectivity index (χ4n) is 5.62. The second kappa shape index (κ2) is 8.99. The average Bonchev–Trinajstić information content (AvgIpc) is 3.47. The maximum absolute atomic E-state index is 12.2. The van der Waals surface area contributed by atoms with Crippen LogP contribution in [-0.2, 0) is 28.0 Å². The molecular weight excluding hydrogens is 460 g/mol. The Morgan fingerprint density at radius 1 is 1.20 bits per heavy atom. The number of aryl methyl sites for hydroxylation is 3. The molecule has 0 bridgehead atoms. The van der Waals surface area contributed by atoms with E-state index in [0.29, 0.717) is 30.2 Å². The number of rotatable bonds is 5. The van der Waals surface area contributed by atoms with Crippen LogP contribution in [0.5, 0.6) is 0 Å². The molecule has 0 aliphatic heterocycles. The molecule has 184 valence electrons. The maximum Gasteiger partial charge on any atom is 0.309 e. The molecule has 1 saturated carbocycles. The monoisotopic (exact) mass is 492 g/mol. The molecule has 0 unspecified atom stereocenters. The molecule has 35 heavy (non-hydrogen) atoms. The molecular formula is C27H32N4O3S. The Balaban J connectivity index is 1.38. The molecule has 3 aromatic rings. The van der Waals surface area contributed by atoms with Gasteiger partial charge in [0.05, 0.1) is 17.9 Å². The number of esters is 1. The summed E-state index contributed by atoms with van der Waals surface area (Å²) >= 11 is 1.51. The van der Waals surface area contributed by atoms with Gasteiger partial charge >= 0.3 is 5.97 Å². The summed E-state index contributed by atoms with van der Waals surface area (Å²) in [6.45, 7) is 6.10. The molecule has 2 atom stereocenters. The van der Waals surface area contributed by atoms with Crippen LogP contribution in [0.1, 0.15) is 61.4 Å². The van der Waals surface area contributed by atoms with Gasteiger partial charge in [-0.15, -0.1) is 11.3 Å². The quantitative estimate of drug-likeness (QED) is 0.465. The predicted molar refractivity (Wildman–Crippen MR) is 137 cm³/mol. The minimum absolute atomic E-state index is 0.205. The van der Waals surface area contributed by atoms with Crippen molar-refractivity contribution in [1.29, 1.82) is 0 Å². The van der Waals surface area contributed by atoms with Gasteiger partial charge in [-0.25, -0.2) is 15.0 Å². The number of nitrogens with one attached hydrogen (secondary N) is 1. The first-order valence-electron chi connectivity index (χ1n) is 12.2. The molecule has 0 radical (unpaired) electrons. The van der Waals surface area contributed by atoms with Crippen LogP contribution in [0.4, 0.5) is 11.6 Å². The Kier molecular flexibility index (Phi) is 6.13. The number of anilines is 2. The number of hydrogen-bond acceptors (Lipinski definition) is 8. The highest BCUT2D eigenvalue weighted by molar-refractivity contribution is 7.15. The lowest BCUT2D eigenvalue weighted by molar-refractivity contribution is -0.157. The first-order valence-corrected chi connectivity index (χ1v) is 13.0. The van der Waals surface area contributed by atoms with Crippen LogP contribution in [0.2, 0.25) is 0 Å². The van der Waals surface area contributed by atoms with Gasteiger partial charge in [-0.1, -0.05) is 19.9 Å². The van der Waals surface area contributed by atoms with Crippen molar-refractivity contribution in [2.75, 3.05) is 12.4 Å². The lowest BCUT2D eigenvalue weighted by Gasteiger charge is -2.44. The molecule has 2 heterocycles.